The highest BCUT2D eigenvalue weighted by atomic mass is 79.9. The molecule has 104 valence electrons. The number of nitrogens with zero attached hydrogens (tertiary/aromatic N) is 1. The van der Waals surface area contributed by atoms with Crippen molar-refractivity contribution in [3.8, 4) is 0 Å². The van der Waals surface area contributed by atoms with Gasteiger partial charge in [0.15, 0.2) is 0 Å². The Bertz CT molecular complexity index is 625. The van der Waals surface area contributed by atoms with Gasteiger partial charge in [0, 0.05) is 15.4 Å². The van der Waals surface area contributed by atoms with E-state index in [-0.39, 0.29) is 17.5 Å². The van der Waals surface area contributed by atoms with Gasteiger partial charge in [-0.3, -0.25) is 4.79 Å². The second kappa shape index (κ2) is 5.66. The summed E-state index contributed by atoms with van der Waals surface area (Å²) in [4.78, 5) is 15.5. The Morgan fingerprint density at radius 2 is 2.20 bits per heavy atom. The van der Waals surface area contributed by atoms with Crippen LogP contribution in [0.15, 0.2) is 40.2 Å². The summed E-state index contributed by atoms with van der Waals surface area (Å²) < 4.78 is 14.6. The summed E-state index contributed by atoms with van der Waals surface area (Å²) in [5, 5.41) is 1.99. The maximum atomic E-state index is 13.9. The number of benzene rings is 1. The van der Waals surface area contributed by atoms with Crippen molar-refractivity contribution in [2.24, 2.45) is 0 Å². The Hall–Kier alpha value is -1.20. The quantitative estimate of drug-likeness (QED) is 0.794. The summed E-state index contributed by atoms with van der Waals surface area (Å²) in [6, 6.07) is 8.82. The van der Waals surface area contributed by atoms with Crippen molar-refractivity contribution in [2.45, 2.75) is 25.4 Å². The minimum absolute atomic E-state index is 0.150. The van der Waals surface area contributed by atoms with E-state index in [0.717, 1.165) is 17.7 Å². The molecule has 0 spiro atoms. The normalized spacial score (nSPS) is 14.3. The molecule has 1 amide bonds. The molecule has 5 heteroatoms. The molecule has 0 N–H and O–H groups in total. The van der Waals surface area contributed by atoms with E-state index in [1.807, 2.05) is 17.5 Å². The molecular formula is C15H13BrFNOS. The lowest BCUT2D eigenvalue weighted by molar-refractivity contribution is 0.0727. The van der Waals surface area contributed by atoms with Crippen molar-refractivity contribution in [3.63, 3.8) is 0 Å². The van der Waals surface area contributed by atoms with E-state index in [4.69, 9.17) is 0 Å². The summed E-state index contributed by atoms with van der Waals surface area (Å²) in [5.74, 6) is -0.688. The number of carbonyl (C=O) groups excluding carboxylic acids is 1. The van der Waals surface area contributed by atoms with Gasteiger partial charge in [-0.05, 0) is 42.5 Å². The van der Waals surface area contributed by atoms with Crippen LogP contribution in [0, 0.1) is 5.82 Å². The SMILES string of the molecule is O=C(c1ccc(Br)cc1F)N(Cc1cccs1)C1CC1. The Kier molecular flexibility index (Phi) is 3.89. The fraction of sp³-hybridized carbons (Fsp3) is 0.267. The second-order valence-corrected chi connectivity index (χ2v) is 6.82. The zero-order chi connectivity index (χ0) is 14.1. The molecule has 3 rings (SSSR count). The number of carbonyl (C=O) groups is 1. The third kappa shape index (κ3) is 2.94. The van der Waals surface area contributed by atoms with E-state index in [1.54, 1.807) is 28.4 Å². The van der Waals surface area contributed by atoms with Gasteiger partial charge >= 0.3 is 0 Å². The highest BCUT2D eigenvalue weighted by Gasteiger charge is 2.34. The van der Waals surface area contributed by atoms with Crippen molar-refractivity contribution in [1.82, 2.24) is 4.90 Å². The van der Waals surface area contributed by atoms with Gasteiger partial charge < -0.3 is 4.90 Å². The van der Waals surface area contributed by atoms with Crippen molar-refractivity contribution in [2.75, 3.05) is 0 Å². The number of halogens is 2. The topological polar surface area (TPSA) is 20.3 Å². The Morgan fingerprint density at radius 3 is 2.80 bits per heavy atom. The average Bonchev–Trinajstić information content (AvgIpc) is 3.12. The smallest absolute Gasteiger partial charge is 0.257 e. The van der Waals surface area contributed by atoms with Gasteiger partial charge in [0.25, 0.3) is 5.91 Å². The first-order chi connectivity index (χ1) is 9.65. The van der Waals surface area contributed by atoms with E-state index >= 15 is 0 Å². The Morgan fingerprint density at radius 1 is 1.40 bits per heavy atom. The first kappa shape index (κ1) is 13.8. The standard InChI is InChI=1S/C15H13BrFNOS/c16-10-3-6-13(14(17)8-10)15(19)18(11-4-5-11)9-12-2-1-7-20-12/h1-3,6-8,11H,4-5,9H2. The van der Waals surface area contributed by atoms with E-state index in [9.17, 15) is 9.18 Å². The highest BCUT2D eigenvalue weighted by Crippen LogP contribution is 2.31. The summed E-state index contributed by atoms with van der Waals surface area (Å²) in [7, 11) is 0. The summed E-state index contributed by atoms with van der Waals surface area (Å²) in [6.45, 7) is 0.566. The largest absolute Gasteiger partial charge is 0.330 e. The van der Waals surface area contributed by atoms with Gasteiger partial charge in [-0.2, -0.15) is 0 Å². The van der Waals surface area contributed by atoms with Gasteiger partial charge in [-0.1, -0.05) is 22.0 Å². The molecule has 1 fully saturated rings. The molecule has 1 heterocycles. The van der Waals surface area contributed by atoms with Crippen LogP contribution in [-0.2, 0) is 6.54 Å². The van der Waals surface area contributed by atoms with Crippen LogP contribution in [0.5, 0.6) is 0 Å². The van der Waals surface area contributed by atoms with Gasteiger partial charge in [0.2, 0.25) is 0 Å². The monoisotopic (exact) mass is 353 g/mol. The molecule has 1 aromatic heterocycles. The van der Waals surface area contributed by atoms with E-state index in [2.05, 4.69) is 15.9 Å². The molecular weight excluding hydrogens is 341 g/mol. The van der Waals surface area contributed by atoms with E-state index in [1.165, 1.54) is 6.07 Å². The Labute approximate surface area is 129 Å². The van der Waals surface area contributed by atoms with Crippen LogP contribution in [0.3, 0.4) is 0 Å². The molecule has 1 aliphatic carbocycles. The van der Waals surface area contributed by atoms with Crippen molar-refractivity contribution < 1.29 is 9.18 Å². The maximum absolute atomic E-state index is 13.9. The average molecular weight is 354 g/mol. The minimum atomic E-state index is -0.471. The molecule has 2 nitrogen and oxygen atoms in total. The lowest BCUT2D eigenvalue weighted by Crippen LogP contribution is -2.32. The highest BCUT2D eigenvalue weighted by molar-refractivity contribution is 9.10. The molecule has 0 bridgehead atoms. The molecule has 1 aliphatic rings. The summed E-state index contributed by atoms with van der Waals surface area (Å²) in [5.41, 5.74) is 0.150. The van der Waals surface area contributed by atoms with Crippen LogP contribution in [0.4, 0.5) is 4.39 Å². The van der Waals surface area contributed by atoms with Gasteiger partial charge in [0.1, 0.15) is 5.82 Å². The number of amides is 1. The van der Waals surface area contributed by atoms with Crippen molar-refractivity contribution in [1.29, 1.82) is 0 Å². The Balaban J connectivity index is 1.85. The number of rotatable bonds is 4. The molecule has 20 heavy (non-hydrogen) atoms. The molecule has 0 atom stereocenters. The molecule has 0 unspecified atom stereocenters. The number of hydrogen-bond acceptors (Lipinski definition) is 2. The second-order valence-electron chi connectivity index (χ2n) is 4.87. The lowest BCUT2D eigenvalue weighted by atomic mass is 10.2. The molecule has 0 radical (unpaired) electrons. The third-order valence-corrected chi connectivity index (χ3v) is 4.67. The van der Waals surface area contributed by atoms with Gasteiger partial charge in [0.05, 0.1) is 12.1 Å². The van der Waals surface area contributed by atoms with Crippen molar-refractivity contribution >= 4 is 33.2 Å². The van der Waals surface area contributed by atoms with Crippen LogP contribution in [0.25, 0.3) is 0 Å². The predicted octanol–water partition coefficient (Wildman–Crippen LogP) is 4.45. The van der Waals surface area contributed by atoms with Crippen molar-refractivity contribution in [3.05, 3.63) is 56.4 Å². The minimum Gasteiger partial charge on any atom is -0.330 e. The first-order valence-corrected chi connectivity index (χ1v) is 8.11. The lowest BCUT2D eigenvalue weighted by Gasteiger charge is -2.22. The maximum Gasteiger partial charge on any atom is 0.257 e. The van der Waals surface area contributed by atoms with Gasteiger partial charge in [-0.15, -0.1) is 11.3 Å². The van der Waals surface area contributed by atoms with Crippen LogP contribution in [0.2, 0.25) is 0 Å². The van der Waals surface area contributed by atoms with Crippen LogP contribution in [-0.4, -0.2) is 16.8 Å². The van der Waals surface area contributed by atoms with E-state index < -0.39 is 5.82 Å². The summed E-state index contributed by atoms with van der Waals surface area (Å²) >= 11 is 4.83. The number of thiophene rings is 1. The zero-order valence-electron chi connectivity index (χ0n) is 10.7. The van der Waals surface area contributed by atoms with Crippen LogP contribution < -0.4 is 0 Å². The zero-order valence-corrected chi connectivity index (χ0v) is 13.1. The van der Waals surface area contributed by atoms with E-state index in [0.29, 0.717) is 11.0 Å². The molecule has 0 aliphatic heterocycles. The number of hydrogen-bond donors (Lipinski definition) is 0. The first-order valence-electron chi connectivity index (χ1n) is 6.43. The molecule has 1 aromatic carbocycles. The van der Waals surface area contributed by atoms with Crippen LogP contribution in [0.1, 0.15) is 28.1 Å². The fourth-order valence-corrected chi connectivity index (χ4v) is 3.18. The molecule has 2 aromatic rings. The fourth-order valence-electron chi connectivity index (χ4n) is 2.14. The molecule has 1 saturated carbocycles. The molecule has 0 saturated heterocycles. The summed E-state index contributed by atoms with van der Waals surface area (Å²) in [6.07, 6.45) is 2.02. The predicted molar refractivity (Wildman–Crippen MR) is 81.3 cm³/mol. The van der Waals surface area contributed by atoms with Crippen LogP contribution >= 0.6 is 27.3 Å². The van der Waals surface area contributed by atoms with Gasteiger partial charge in [-0.25, -0.2) is 4.39 Å². The third-order valence-electron chi connectivity index (χ3n) is 3.32.